The van der Waals surface area contributed by atoms with E-state index in [1.54, 1.807) is 0 Å². The van der Waals surface area contributed by atoms with E-state index < -0.39 is 0 Å². The predicted molar refractivity (Wildman–Crippen MR) is 94.5 cm³/mol. The molecule has 0 fully saturated rings. The predicted octanol–water partition coefficient (Wildman–Crippen LogP) is 4.46. The number of anilines is 1. The highest BCUT2D eigenvalue weighted by molar-refractivity contribution is 5.93. The second-order valence-corrected chi connectivity index (χ2v) is 5.53. The van der Waals surface area contributed by atoms with Gasteiger partial charge in [0.2, 0.25) is 5.91 Å². The van der Waals surface area contributed by atoms with Gasteiger partial charge in [0.25, 0.3) is 0 Å². The van der Waals surface area contributed by atoms with Gasteiger partial charge in [0.15, 0.2) is 0 Å². The van der Waals surface area contributed by atoms with Crippen LogP contribution in [0.4, 0.5) is 5.69 Å². The zero-order valence-electron chi connectivity index (χ0n) is 12.9. The molecular weight excluding hydrogens is 282 g/mol. The van der Waals surface area contributed by atoms with E-state index in [2.05, 4.69) is 23.5 Å². The molecule has 23 heavy (non-hydrogen) atoms. The van der Waals surface area contributed by atoms with Crippen LogP contribution in [0.2, 0.25) is 0 Å². The van der Waals surface area contributed by atoms with Crippen LogP contribution in [0, 0.1) is 0 Å². The minimum absolute atomic E-state index is 0.0108. The highest BCUT2D eigenvalue weighted by Gasteiger charge is 2.08. The average molecular weight is 301 g/mol. The van der Waals surface area contributed by atoms with Crippen LogP contribution in [0.1, 0.15) is 16.7 Å². The molecule has 1 amide bonds. The number of amides is 1. The van der Waals surface area contributed by atoms with Crippen molar-refractivity contribution in [2.45, 2.75) is 12.8 Å². The summed E-state index contributed by atoms with van der Waals surface area (Å²) in [5, 5.41) is 3.04. The molecule has 0 saturated heterocycles. The SMILES string of the molecule is O=C(Cc1ccccc1)Nc1ccccc1Cc1ccccc1. The largest absolute Gasteiger partial charge is 0.326 e. The van der Waals surface area contributed by atoms with Gasteiger partial charge in [-0.1, -0.05) is 78.9 Å². The lowest BCUT2D eigenvalue weighted by Gasteiger charge is -2.11. The average Bonchev–Trinajstić information content (AvgIpc) is 2.58. The van der Waals surface area contributed by atoms with Gasteiger partial charge in [-0.2, -0.15) is 0 Å². The molecule has 0 saturated carbocycles. The molecule has 0 aliphatic rings. The van der Waals surface area contributed by atoms with Gasteiger partial charge in [-0.3, -0.25) is 4.79 Å². The fourth-order valence-corrected chi connectivity index (χ4v) is 2.59. The van der Waals surface area contributed by atoms with E-state index in [1.165, 1.54) is 5.56 Å². The monoisotopic (exact) mass is 301 g/mol. The second kappa shape index (κ2) is 7.41. The number of carbonyl (C=O) groups is 1. The minimum Gasteiger partial charge on any atom is -0.326 e. The van der Waals surface area contributed by atoms with E-state index in [-0.39, 0.29) is 5.91 Å². The fraction of sp³-hybridized carbons (Fsp3) is 0.0952. The Bertz CT molecular complexity index is 766. The van der Waals surface area contributed by atoms with Crippen LogP contribution in [0.5, 0.6) is 0 Å². The molecule has 0 aliphatic heterocycles. The maximum absolute atomic E-state index is 12.3. The third-order valence-electron chi connectivity index (χ3n) is 3.74. The lowest BCUT2D eigenvalue weighted by atomic mass is 10.0. The van der Waals surface area contributed by atoms with Crippen molar-refractivity contribution in [1.82, 2.24) is 0 Å². The quantitative estimate of drug-likeness (QED) is 0.740. The van der Waals surface area contributed by atoms with E-state index >= 15 is 0 Å². The summed E-state index contributed by atoms with van der Waals surface area (Å²) in [7, 11) is 0. The van der Waals surface area contributed by atoms with Crippen LogP contribution >= 0.6 is 0 Å². The molecule has 2 heteroatoms. The number of hydrogen-bond donors (Lipinski definition) is 1. The third kappa shape index (κ3) is 4.30. The zero-order valence-corrected chi connectivity index (χ0v) is 12.9. The van der Waals surface area contributed by atoms with Gasteiger partial charge < -0.3 is 5.32 Å². The molecule has 0 spiro atoms. The first kappa shape index (κ1) is 15.0. The Morgan fingerprint density at radius 2 is 1.26 bits per heavy atom. The van der Waals surface area contributed by atoms with Crippen molar-refractivity contribution in [1.29, 1.82) is 0 Å². The van der Waals surface area contributed by atoms with Crippen molar-refractivity contribution >= 4 is 11.6 Å². The van der Waals surface area contributed by atoms with E-state index in [4.69, 9.17) is 0 Å². The van der Waals surface area contributed by atoms with Gasteiger partial charge >= 0.3 is 0 Å². The summed E-state index contributed by atoms with van der Waals surface area (Å²) in [5.41, 5.74) is 4.26. The first-order chi connectivity index (χ1) is 11.3. The molecule has 3 rings (SSSR count). The lowest BCUT2D eigenvalue weighted by molar-refractivity contribution is -0.115. The Morgan fingerprint density at radius 1 is 0.696 bits per heavy atom. The molecule has 0 bridgehead atoms. The van der Waals surface area contributed by atoms with Gasteiger partial charge in [-0.05, 0) is 29.2 Å². The number of rotatable bonds is 5. The van der Waals surface area contributed by atoms with Crippen LogP contribution < -0.4 is 5.32 Å². The number of benzene rings is 3. The topological polar surface area (TPSA) is 29.1 Å². The van der Waals surface area contributed by atoms with Crippen molar-refractivity contribution < 1.29 is 4.79 Å². The molecule has 0 aromatic heterocycles. The summed E-state index contributed by atoms with van der Waals surface area (Å²) in [6, 6.07) is 28.0. The first-order valence-corrected chi connectivity index (χ1v) is 7.77. The molecule has 2 nitrogen and oxygen atoms in total. The van der Waals surface area contributed by atoms with Crippen LogP contribution in [0.15, 0.2) is 84.9 Å². The Balaban J connectivity index is 1.71. The highest BCUT2D eigenvalue weighted by Crippen LogP contribution is 2.19. The summed E-state index contributed by atoms with van der Waals surface area (Å²) in [6.07, 6.45) is 1.20. The van der Waals surface area contributed by atoms with Gasteiger partial charge in [-0.15, -0.1) is 0 Å². The molecule has 0 atom stereocenters. The maximum Gasteiger partial charge on any atom is 0.228 e. The highest BCUT2D eigenvalue weighted by atomic mass is 16.1. The second-order valence-electron chi connectivity index (χ2n) is 5.53. The number of para-hydroxylation sites is 1. The number of carbonyl (C=O) groups excluding carboxylic acids is 1. The van der Waals surface area contributed by atoms with E-state index in [0.717, 1.165) is 23.2 Å². The molecule has 1 N–H and O–H groups in total. The van der Waals surface area contributed by atoms with Crippen molar-refractivity contribution in [3.63, 3.8) is 0 Å². The summed E-state index contributed by atoms with van der Waals surface area (Å²) in [5.74, 6) is 0.0108. The van der Waals surface area contributed by atoms with Crippen molar-refractivity contribution in [3.8, 4) is 0 Å². The molecule has 3 aromatic rings. The standard InChI is InChI=1S/C21H19NO/c23-21(16-18-11-5-2-6-12-18)22-20-14-8-7-13-19(20)15-17-9-3-1-4-10-17/h1-14H,15-16H2,(H,22,23). The Morgan fingerprint density at radius 3 is 1.96 bits per heavy atom. The molecule has 3 aromatic carbocycles. The summed E-state index contributed by atoms with van der Waals surface area (Å²) < 4.78 is 0. The Labute approximate surface area is 136 Å². The lowest BCUT2D eigenvalue weighted by Crippen LogP contribution is -2.15. The number of nitrogens with one attached hydrogen (secondary N) is 1. The minimum atomic E-state index is 0.0108. The smallest absolute Gasteiger partial charge is 0.228 e. The normalized spacial score (nSPS) is 10.3. The van der Waals surface area contributed by atoms with Gasteiger partial charge in [-0.25, -0.2) is 0 Å². The summed E-state index contributed by atoms with van der Waals surface area (Å²) >= 11 is 0. The molecule has 0 aliphatic carbocycles. The van der Waals surface area contributed by atoms with E-state index in [0.29, 0.717) is 6.42 Å². The maximum atomic E-state index is 12.3. The van der Waals surface area contributed by atoms with Gasteiger partial charge in [0.05, 0.1) is 6.42 Å². The molecule has 114 valence electrons. The van der Waals surface area contributed by atoms with Crippen LogP contribution in [0.3, 0.4) is 0 Å². The molecule has 0 unspecified atom stereocenters. The Kier molecular flexibility index (Phi) is 4.85. The molecular formula is C21H19NO. The van der Waals surface area contributed by atoms with E-state index in [1.807, 2.05) is 66.7 Å². The van der Waals surface area contributed by atoms with Crippen LogP contribution in [-0.4, -0.2) is 5.91 Å². The van der Waals surface area contributed by atoms with Crippen LogP contribution in [0.25, 0.3) is 0 Å². The van der Waals surface area contributed by atoms with Crippen LogP contribution in [-0.2, 0) is 17.6 Å². The summed E-state index contributed by atoms with van der Waals surface area (Å²) in [4.78, 5) is 12.3. The van der Waals surface area contributed by atoms with Crippen molar-refractivity contribution in [2.24, 2.45) is 0 Å². The third-order valence-corrected chi connectivity index (χ3v) is 3.74. The van der Waals surface area contributed by atoms with Crippen molar-refractivity contribution in [3.05, 3.63) is 102 Å². The number of hydrogen-bond acceptors (Lipinski definition) is 1. The Hall–Kier alpha value is -2.87. The zero-order chi connectivity index (χ0) is 15.9. The fourth-order valence-electron chi connectivity index (χ4n) is 2.59. The van der Waals surface area contributed by atoms with E-state index in [9.17, 15) is 4.79 Å². The van der Waals surface area contributed by atoms with Crippen molar-refractivity contribution in [2.75, 3.05) is 5.32 Å². The molecule has 0 radical (unpaired) electrons. The summed E-state index contributed by atoms with van der Waals surface area (Å²) in [6.45, 7) is 0. The van der Waals surface area contributed by atoms with Gasteiger partial charge in [0.1, 0.15) is 0 Å². The molecule has 0 heterocycles. The first-order valence-electron chi connectivity index (χ1n) is 7.77. The van der Waals surface area contributed by atoms with Gasteiger partial charge in [0, 0.05) is 5.69 Å².